The Labute approximate surface area is 125 Å². The van der Waals surface area contributed by atoms with Crippen LogP contribution in [0.4, 0.5) is 4.79 Å². The number of aromatic nitrogens is 3. The summed E-state index contributed by atoms with van der Waals surface area (Å²) in [7, 11) is 0. The van der Waals surface area contributed by atoms with E-state index in [-0.39, 0.29) is 0 Å². The normalized spacial score (nSPS) is 21.2. The van der Waals surface area contributed by atoms with E-state index in [1.54, 1.807) is 0 Å². The quantitative estimate of drug-likeness (QED) is 0.860. The first kappa shape index (κ1) is 15.4. The molecule has 2 rings (SSSR count). The van der Waals surface area contributed by atoms with Gasteiger partial charge in [-0.2, -0.15) is 0 Å². The first-order chi connectivity index (χ1) is 9.87. The first-order valence-electron chi connectivity index (χ1n) is 7.21. The predicted molar refractivity (Wildman–Crippen MR) is 78.6 cm³/mol. The highest BCUT2D eigenvalue weighted by Crippen LogP contribution is 2.36. The number of rotatable bonds is 4. The zero-order valence-corrected chi connectivity index (χ0v) is 12.8. The van der Waals surface area contributed by atoms with Gasteiger partial charge in [-0.1, -0.05) is 5.21 Å². The molecule has 0 atom stereocenters. The van der Waals surface area contributed by atoms with Crippen LogP contribution in [-0.4, -0.2) is 33.2 Å². The molecular formula is C15H22N4O2. The molecule has 1 heterocycles. The van der Waals surface area contributed by atoms with Crippen LogP contribution in [0.1, 0.15) is 45.3 Å². The van der Waals surface area contributed by atoms with E-state index in [1.165, 1.54) is 0 Å². The molecule has 21 heavy (non-hydrogen) atoms. The zero-order chi connectivity index (χ0) is 15.5. The number of terminal acetylenes is 1. The van der Waals surface area contributed by atoms with Crippen molar-refractivity contribution in [3.63, 3.8) is 0 Å². The van der Waals surface area contributed by atoms with Gasteiger partial charge in [-0.25, -0.2) is 9.48 Å². The fourth-order valence-electron chi connectivity index (χ4n) is 2.15. The molecule has 0 unspecified atom stereocenters. The fourth-order valence-corrected chi connectivity index (χ4v) is 2.15. The van der Waals surface area contributed by atoms with Gasteiger partial charge in [-0.05, 0) is 33.6 Å². The number of amides is 1. The molecule has 1 amide bonds. The smallest absolute Gasteiger partial charge is 0.407 e. The fraction of sp³-hybridized carbons (Fsp3) is 0.667. The molecule has 1 fully saturated rings. The lowest BCUT2D eigenvalue weighted by Gasteiger charge is -2.31. The van der Waals surface area contributed by atoms with Crippen molar-refractivity contribution in [3.05, 3.63) is 11.9 Å². The molecule has 0 aliphatic heterocycles. The van der Waals surface area contributed by atoms with Crippen LogP contribution in [0.15, 0.2) is 6.20 Å². The number of alkyl carbamates (subject to hydrolysis) is 1. The van der Waals surface area contributed by atoms with E-state index in [0.717, 1.165) is 18.5 Å². The van der Waals surface area contributed by atoms with Crippen molar-refractivity contribution in [1.82, 2.24) is 20.3 Å². The summed E-state index contributed by atoms with van der Waals surface area (Å²) in [6.45, 7) is 5.98. The molecular weight excluding hydrogens is 268 g/mol. The Morgan fingerprint density at radius 3 is 2.90 bits per heavy atom. The van der Waals surface area contributed by atoms with E-state index in [1.807, 2.05) is 31.6 Å². The van der Waals surface area contributed by atoms with Gasteiger partial charge in [-0.15, -0.1) is 17.4 Å². The second kappa shape index (κ2) is 6.17. The van der Waals surface area contributed by atoms with Gasteiger partial charge in [0.1, 0.15) is 5.60 Å². The highest BCUT2D eigenvalue weighted by molar-refractivity contribution is 5.67. The van der Waals surface area contributed by atoms with Gasteiger partial charge in [0, 0.05) is 25.1 Å². The van der Waals surface area contributed by atoms with Crippen LogP contribution in [0.5, 0.6) is 0 Å². The second-order valence-corrected chi connectivity index (χ2v) is 6.36. The predicted octanol–water partition coefficient (Wildman–Crippen LogP) is 1.93. The molecule has 1 aromatic heterocycles. The largest absolute Gasteiger partial charge is 0.444 e. The van der Waals surface area contributed by atoms with Gasteiger partial charge in [0.15, 0.2) is 0 Å². The van der Waals surface area contributed by atoms with Crippen LogP contribution in [0, 0.1) is 18.3 Å². The van der Waals surface area contributed by atoms with Crippen LogP contribution in [-0.2, 0) is 11.2 Å². The van der Waals surface area contributed by atoms with Gasteiger partial charge >= 0.3 is 6.09 Å². The van der Waals surface area contributed by atoms with Crippen molar-refractivity contribution in [2.75, 3.05) is 6.54 Å². The third-order valence-electron chi connectivity index (χ3n) is 3.33. The molecule has 0 aromatic carbocycles. The van der Waals surface area contributed by atoms with E-state index >= 15 is 0 Å². The van der Waals surface area contributed by atoms with Crippen LogP contribution in [0.2, 0.25) is 0 Å². The molecule has 0 spiro atoms. The van der Waals surface area contributed by atoms with E-state index in [0.29, 0.717) is 24.9 Å². The summed E-state index contributed by atoms with van der Waals surface area (Å²) in [5, 5.41) is 10.9. The number of hydrogen-bond donors (Lipinski definition) is 1. The minimum Gasteiger partial charge on any atom is -0.444 e. The Kier molecular flexibility index (Phi) is 4.51. The summed E-state index contributed by atoms with van der Waals surface area (Å²) in [5.74, 6) is 3.12. The summed E-state index contributed by atoms with van der Waals surface area (Å²) in [5.41, 5.74) is 0.376. The average molecular weight is 290 g/mol. The molecule has 1 N–H and O–H groups in total. The summed E-state index contributed by atoms with van der Waals surface area (Å²) in [6, 6.07) is 0.367. The van der Waals surface area contributed by atoms with Crippen molar-refractivity contribution in [1.29, 1.82) is 0 Å². The minimum absolute atomic E-state index is 0.367. The number of nitrogens with one attached hydrogen (secondary N) is 1. The van der Waals surface area contributed by atoms with Gasteiger partial charge in [0.05, 0.1) is 11.7 Å². The molecule has 1 aliphatic rings. The lowest BCUT2D eigenvalue weighted by Crippen LogP contribution is -2.33. The van der Waals surface area contributed by atoms with Crippen LogP contribution in [0.3, 0.4) is 0 Å². The zero-order valence-electron chi connectivity index (χ0n) is 12.8. The maximum Gasteiger partial charge on any atom is 0.407 e. The molecule has 1 aliphatic carbocycles. The van der Waals surface area contributed by atoms with Crippen molar-refractivity contribution in [3.8, 4) is 12.3 Å². The Morgan fingerprint density at radius 1 is 1.57 bits per heavy atom. The minimum atomic E-state index is -0.481. The summed E-state index contributed by atoms with van der Waals surface area (Å²) in [4.78, 5) is 11.5. The Bertz CT molecular complexity index is 533. The van der Waals surface area contributed by atoms with E-state index in [2.05, 4.69) is 21.5 Å². The third-order valence-corrected chi connectivity index (χ3v) is 3.33. The molecule has 0 saturated heterocycles. The van der Waals surface area contributed by atoms with Crippen LogP contribution in [0.25, 0.3) is 0 Å². The summed E-state index contributed by atoms with van der Waals surface area (Å²) >= 11 is 0. The SMILES string of the molecule is C#CC1CC(n2cc(CCNC(=O)OC(C)(C)C)nn2)C1. The average Bonchev–Trinajstić information content (AvgIpc) is 2.74. The number of nitrogens with zero attached hydrogens (tertiary/aromatic N) is 3. The van der Waals surface area contributed by atoms with Crippen LogP contribution >= 0.6 is 0 Å². The molecule has 1 aromatic rings. The first-order valence-corrected chi connectivity index (χ1v) is 7.21. The standard InChI is InChI=1S/C15H22N4O2/c1-5-11-8-13(9-11)19-10-12(17-18-19)6-7-16-14(20)21-15(2,3)4/h1,10-11,13H,6-9H2,2-4H3,(H,16,20). The molecule has 1 saturated carbocycles. The molecule has 0 bridgehead atoms. The lowest BCUT2D eigenvalue weighted by atomic mass is 9.81. The lowest BCUT2D eigenvalue weighted by molar-refractivity contribution is 0.0528. The second-order valence-electron chi connectivity index (χ2n) is 6.36. The summed E-state index contributed by atoms with van der Waals surface area (Å²) < 4.78 is 7.03. The molecule has 114 valence electrons. The van der Waals surface area contributed by atoms with E-state index in [4.69, 9.17) is 11.2 Å². The van der Waals surface area contributed by atoms with Crippen molar-refractivity contribution >= 4 is 6.09 Å². The number of carbonyl (C=O) groups excluding carboxylic acids is 1. The van der Waals surface area contributed by atoms with Crippen molar-refractivity contribution in [2.24, 2.45) is 5.92 Å². The molecule has 6 heteroatoms. The van der Waals surface area contributed by atoms with Gasteiger partial charge < -0.3 is 10.1 Å². The number of ether oxygens (including phenoxy) is 1. The van der Waals surface area contributed by atoms with Crippen molar-refractivity contribution < 1.29 is 9.53 Å². The van der Waals surface area contributed by atoms with Crippen LogP contribution < -0.4 is 5.32 Å². The van der Waals surface area contributed by atoms with Gasteiger partial charge in [-0.3, -0.25) is 0 Å². The highest BCUT2D eigenvalue weighted by Gasteiger charge is 2.29. The topological polar surface area (TPSA) is 69.0 Å². The van der Waals surface area contributed by atoms with Crippen molar-refractivity contribution in [2.45, 2.75) is 51.7 Å². The van der Waals surface area contributed by atoms with Gasteiger partial charge in [0.25, 0.3) is 0 Å². The third kappa shape index (κ3) is 4.48. The number of hydrogen-bond acceptors (Lipinski definition) is 4. The van der Waals surface area contributed by atoms with E-state index in [9.17, 15) is 4.79 Å². The number of carbonyl (C=O) groups is 1. The Hall–Kier alpha value is -2.03. The molecule has 0 radical (unpaired) electrons. The Morgan fingerprint density at radius 2 is 2.29 bits per heavy atom. The Balaban J connectivity index is 1.72. The maximum absolute atomic E-state index is 11.5. The van der Waals surface area contributed by atoms with Gasteiger partial charge in [0.2, 0.25) is 0 Å². The van der Waals surface area contributed by atoms with E-state index < -0.39 is 11.7 Å². The highest BCUT2D eigenvalue weighted by atomic mass is 16.6. The summed E-state index contributed by atoms with van der Waals surface area (Å²) in [6.07, 6.45) is 9.45. The molecule has 6 nitrogen and oxygen atoms in total. The maximum atomic E-state index is 11.5. The monoisotopic (exact) mass is 290 g/mol.